The van der Waals surface area contributed by atoms with Gasteiger partial charge in [0.1, 0.15) is 11.9 Å². The molecule has 0 saturated carbocycles. The largest absolute Gasteiger partial charge is 0.337 e. The maximum Gasteiger partial charge on any atom is 0.244 e. The SMILES string of the molecule is CC(c1ccccc1F)N(C)C(=O)[C@H](N)c1ccccc1. The van der Waals surface area contributed by atoms with Crippen LogP contribution in [0.4, 0.5) is 4.39 Å². The fourth-order valence-corrected chi connectivity index (χ4v) is 2.24. The van der Waals surface area contributed by atoms with Crippen LogP contribution >= 0.6 is 0 Å². The van der Waals surface area contributed by atoms with Gasteiger partial charge in [0, 0.05) is 12.6 Å². The van der Waals surface area contributed by atoms with Crippen LogP contribution in [0.5, 0.6) is 0 Å². The van der Waals surface area contributed by atoms with Crippen LogP contribution in [0.1, 0.15) is 30.1 Å². The van der Waals surface area contributed by atoms with Crippen LogP contribution < -0.4 is 5.73 Å². The first-order chi connectivity index (χ1) is 10.0. The molecule has 0 aliphatic carbocycles. The smallest absolute Gasteiger partial charge is 0.244 e. The van der Waals surface area contributed by atoms with Crippen LogP contribution in [0.2, 0.25) is 0 Å². The van der Waals surface area contributed by atoms with Gasteiger partial charge in [-0.25, -0.2) is 4.39 Å². The monoisotopic (exact) mass is 286 g/mol. The summed E-state index contributed by atoms with van der Waals surface area (Å²) in [5, 5.41) is 0. The zero-order valence-corrected chi connectivity index (χ0v) is 12.2. The van der Waals surface area contributed by atoms with Crippen LogP contribution in [0.3, 0.4) is 0 Å². The van der Waals surface area contributed by atoms with E-state index in [9.17, 15) is 9.18 Å². The molecule has 0 heterocycles. The number of carbonyl (C=O) groups is 1. The molecule has 2 atom stereocenters. The summed E-state index contributed by atoms with van der Waals surface area (Å²) in [5.41, 5.74) is 7.23. The van der Waals surface area contributed by atoms with Crippen LogP contribution in [-0.2, 0) is 4.79 Å². The lowest BCUT2D eigenvalue weighted by molar-refractivity contribution is -0.133. The Labute approximate surface area is 124 Å². The molecular formula is C17H19FN2O. The van der Waals surface area contributed by atoms with Gasteiger partial charge < -0.3 is 10.6 Å². The Morgan fingerprint density at radius 1 is 1.10 bits per heavy atom. The maximum absolute atomic E-state index is 13.8. The molecule has 110 valence electrons. The molecule has 0 aliphatic rings. The number of benzene rings is 2. The summed E-state index contributed by atoms with van der Waals surface area (Å²) in [7, 11) is 1.64. The summed E-state index contributed by atoms with van der Waals surface area (Å²) in [6, 6.07) is 14.5. The molecule has 2 aromatic rings. The average molecular weight is 286 g/mol. The van der Waals surface area contributed by atoms with Crippen LogP contribution in [-0.4, -0.2) is 17.9 Å². The van der Waals surface area contributed by atoms with Crippen molar-refractivity contribution in [2.24, 2.45) is 5.73 Å². The lowest BCUT2D eigenvalue weighted by Crippen LogP contribution is -2.37. The molecule has 2 N–H and O–H groups in total. The summed E-state index contributed by atoms with van der Waals surface area (Å²) in [4.78, 5) is 13.9. The molecule has 0 bridgehead atoms. The number of likely N-dealkylation sites (N-methyl/N-ethyl adjacent to an activating group) is 1. The van der Waals surface area contributed by atoms with Crippen molar-refractivity contribution in [3.63, 3.8) is 0 Å². The molecule has 0 saturated heterocycles. The van der Waals surface area contributed by atoms with Crippen molar-refractivity contribution in [1.29, 1.82) is 0 Å². The summed E-state index contributed by atoms with van der Waals surface area (Å²) in [6.45, 7) is 1.79. The molecule has 21 heavy (non-hydrogen) atoms. The lowest BCUT2D eigenvalue weighted by atomic mass is 10.0. The number of halogens is 1. The van der Waals surface area contributed by atoms with Gasteiger partial charge >= 0.3 is 0 Å². The molecule has 0 radical (unpaired) electrons. The first kappa shape index (κ1) is 15.2. The minimum atomic E-state index is -0.745. The van der Waals surface area contributed by atoms with Crippen LogP contribution in [0.25, 0.3) is 0 Å². The summed E-state index contributed by atoms with van der Waals surface area (Å²) in [5.74, 6) is -0.560. The number of rotatable bonds is 4. The third kappa shape index (κ3) is 3.28. The van der Waals surface area contributed by atoms with Gasteiger partial charge in [0.25, 0.3) is 0 Å². The molecule has 3 nitrogen and oxygen atoms in total. The Bertz CT molecular complexity index is 615. The standard InChI is InChI=1S/C17H19FN2O/c1-12(14-10-6-7-11-15(14)18)20(2)17(21)16(19)13-8-4-3-5-9-13/h3-12,16H,19H2,1-2H3/t12?,16-/m1/s1. The van der Waals surface area contributed by atoms with Gasteiger partial charge in [-0.2, -0.15) is 0 Å². The highest BCUT2D eigenvalue weighted by atomic mass is 19.1. The zero-order valence-electron chi connectivity index (χ0n) is 12.2. The predicted octanol–water partition coefficient (Wildman–Crippen LogP) is 3.05. The van der Waals surface area contributed by atoms with E-state index in [1.807, 2.05) is 30.3 Å². The van der Waals surface area contributed by atoms with Crippen molar-refractivity contribution in [2.75, 3.05) is 7.05 Å². The number of hydrogen-bond acceptors (Lipinski definition) is 2. The Balaban J connectivity index is 2.18. The summed E-state index contributed by atoms with van der Waals surface area (Å²) >= 11 is 0. The molecule has 4 heteroatoms. The van der Waals surface area contributed by atoms with Crippen molar-refractivity contribution < 1.29 is 9.18 Å². The van der Waals surface area contributed by atoms with Crippen LogP contribution in [0.15, 0.2) is 54.6 Å². The highest BCUT2D eigenvalue weighted by Crippen LogP contribution is 2.24. The van der Waals surface area contributed by atoms with Gasteiger partial charge in [-0.05, 0) is 18.6 Å². The van der Waals surface area contributed by atoms with Gasteiger partial charge in [0.15, 0.2) is 0 Å². The number of nitrogens with zero attached hydrogens (tertiary/aromatic N) is 1. The van der Waals surface area contributed by atoms with Crippen molar-refractivity contribution in [2.45, 2.75) is 19.0 Å². The summed E-state index contributed by atoms with van der Waals surface area (Å²) < 4.78 is 13.8. The van der Waals surface area contributed by atoms with E-state index < -0.39 is 6.04 Å². The Hall–Kier alpha value is -2.20. The van der Waals surface area contributed by atoms with Crippen molar-refractivity contribution >= 4 is 5.91 Å². The first-order valence-corrected chi connectivity index (χ1v) is 6.84. The first-order valence-electron chi connectivity index (χ1n) is 6.84. The number of hydrogen-bond donors (Lipinski definition) is 1. The highest BCUT2D eigenvalue weighted by Gasteiger charge is 2.25. The van der Waals surface area contributed by atoms with Crippen molar-refractivity contribution in [1.82, 2.24) is 4.90 Å². The topological polar surface area (TPSA) is 46.3 Å². The summed E-state index contributed by atoms with van der Waals surface area (Å²) in [6.07, 6.45) is 0. The van der Waals surface area contributed by atoms with Gasteiger partial charge in [0.2, 0.25) is 5.91 Å². The molecule has 2 aromatic carbocycles. The predicted molar refractivity (Wildman–Crippen MR) is 81.0 cm³/mol. The third-order valence-electron chi connectivity index (χ3n) is 3.71. The van der Waals surface area contributed by atoms with E-state index in [-0.39, 0.29) is 17.8 Å². The Kier molecular flexibility index (Phi) is 4.70. The molecule has 0 spiro atoms. The van der Waals surface area contributed by atoms with Crippen molar-refractivity contribution in [3.8, 4) is 0 Å². The fourth-order valence-electron chi connectivity index (χ4n) is 2.24. The van der Waals surface area contributed by atoms with E-state index in [1.54, 1.807) is 32.2 Å². The second-order valence-corrected chi connectivity index (χ2v) is 5.03. The Morgan fingerprint density at radius 3 is 2.29 bits per heavy atom. The highest BCUT2D eigenvalue weighted by molar-refractivity contribution is 5.83. The van der Waals surface area contributed by atoms with Gasteiger partial charge in [0.05, 0.1) is 6.04 Å². The molecule has 1 amide bonds. The lowest BCUT2D eigenvalue weighted by Gasteiger charge is -2.28. The number of carbonyl (C=O) groups excluding carboxylic acids is 1. The van der Waals surface area contributed by atoms with Gasteiger partial charge in [-0.15, -0.1) is 0 Å². The van der Waals surface area contributed by atoms with E-state index in [4.69, 9.17) is 5.73 Å². The second-order valence-electron chi connectivity index (χ2n) is 5.03. The zero-order chi connectivity index (χ0) is 15.4. The molecule has 2 rings (SSSR count). The third-order valence-corrected chi connectivity index (χ3v) is 3.71. The molecular weight excluding hydrogens is 267 g/mol. The normalized spacial score (nSPS) is 13.5. The fraction of sp³-hybridized carbons (Fsp3) is 0.235. The second kappa shape index (κ2) is 6.50. The maximum atomic E-state index is 13.8. The molecule has 1 unspecified atom stereocenters. The number of nitrogens with two attached hydrogens (primary N) is 1. The number of amides is 1. The minimum Gasteiger partial charge on any atom is -0.337 e. The molecule has 0 aliphatic heterocycles. The van der Waals surface area contributed by atoms with E-state index in [0.29, 0.717) is 5.56 Å². The van der Waals surface area contributed by atoms with Crippen LogP contribution in [0, 0.1) is 5.82 Å². The Morgan fingerprint density at radius 2 is 1.67 bits per heavy atom. The van der Waals surface area contributed by atoms with Gasteiger partial charge in [-0.1, -0.05) is 48.5 Å². The van der Waals surface area contributed by atoms with E-state index in [2.05, 4.69) is 0 Å². The average Bonchev–Trinajstić information content (AvgIpc) is 2.53. The van der Waals surface area contributed by atoms with E-state index in [1.165, 1.54) is 11.0 Å². The minimum absolute atomic E-state index is 0.239. The van der Waals surface area contributed by atoms with Gasteiger partial charge in [-0.3, -0.25) is 4.79 Å². The van der Waals surface area contributed by atoms with Crippen molar-refractivity contribution in [3.05, 3.63) is 71.5 Å². The van der Waals surface area contributed by atoms with E-state index >= 15 is 0 Å². The molecule has 0 fully saturated rings. The quantitative estimate of drug-likeness (QED) is 0.939. The van der Waals surface area contributed by atoms with E-state index in [0.717, 1.165) is 5.56 Å². The molecule has 0 aromatic heterocycles.